The van der Waals surface area contributed by atoms with Crippen molar-refractivity contribution in [3.8, 4) is 11.4 Å². The summed E-state index contributed by atoms with van der Waals surface area (Å²) < 4.78 is 0.932. The van der Waals surface area contributed by atoms with Gasteiger partial charge in [0.25, 0.3) is 5.69 Å². The first kappa shape index (κ1) is 17.1. The van der Waals surface area contributed by atoms with E-state index in [-0.39, 0.29) is 16.9 Å². The molecule has 7 nitrogen and oxygen atoms in total. The number of para-hydroxylation sites is 1. The minimum atomic E-state index is -0.525. The molecular weight excluding hydrogens is 322 g/mol. The van der Waals surface area contributed by atoms with Crippen molar-refractivity contribution in [2.24, 2.45) is 0 Å². The van der Waals surface area contributed by atoms with Crippen LogP contribution in [0, 0.1) is 0 Å². The van der Waals surface area contributed by atoms with Gasteiger partial charge in [0.05, 0.1) is 11.1 Å². The van der Waals surface area contributed by atoms with E-state index in [0.717, 1.165) is 12.8 Å². The molecule has 3 aromatic rings. The van der Waals surface area contributed by atoms with Crippen molar-refractivity contribution in [3.05, 3.63) is 59.0 Å². The van der Waals surface area contributed by atoms with Crippen molar-refractivity contribution in [1.29, 1.82) is 0 Å². The molecular formula is C18H19N3O4. The van der Waals surface area contributed by atoms with Crippen molar-refractivity contribution in [3.63, 3.8) is 0 Å². The molecule has 7 heteroatoms. The zero-order chi connectivity index (χ0) is 16.7. The lowest BCUT2D eigenvalue weighted by molar-refractivity contribution is -0.0602. The number of pyridine rings is 2. The molecule has 0 bridgehead atoms. The Balaban J connectivity index is 0.00000182. The second-order valence-electron chi connectivity index (χ2n) is 6.12. The zero-order valence-corrected chi connectivity index (χ0v) is 13.5. The third kappa shape index (κ3) is 2.58. The molecule has 0 aliphatic carbocycles. The molecule has 0 unspecified atom stereocenters. The molecule has 1 aliphatic rings. The maximum atomic E-state index is 13.2. The lowest BCUT2D eigenvalue weighted by Crippen LogP contribution is -2.47. The number of aromatic nitrogens is 2. The van der Waals surface area contributed by atoms with Crippen molar-refractivity contribution in [2.75, 3.05) is 13.1 Å². The van der Waals surface area contributed by atoms with E-state index in [0.29, 0.717) is 29.8 Å². The van der Waals surface area contributed by atoms with Crippen LogP contribution in [0.4, 0.5) is 5.69 Å². The molecule has 1 saturated heterocycles. The minimum absolute atomic E-state index is 0. The Labute approximate surface area is 143 Å². The average molecular weight is 341 g/mol. The van der Waals surface area contributed by atoms with Gasteiger partial charge in [0, 0.05) is 19.0 Å². The third-order valence-corrected chi connectivity index (χ3v) is 4.62. The normalized spacial score (nSPS) is 15.9. The number of quaternary nitrogens is 1. The van der Waals surface area contributed by atoms with Crippen LogP contribution in [0.25, 0.3) is 16.7 Å². The van der Waals surface area contributed by atoms with E-state index in [2.05, 4.69) is 4.98 Å². The van der Waals surface area contributed by atoms with Gasteiger partial charge < -0.3 is 10.6 Å². The molecule has 1 aliphatic heterocycles. The predicted octanol–water partition coefficient (Wildman–Crippen LogP) is 2.40. The summed E-state index contributed by atoms with van der Waals surface area (Å²) in [4.78, 5) is 17.5. The topological polar surface area (TPSA) is 105 Å². The summed E-state index contributed by atoms with van der Waals surface area (Å²) in [5.74, 6) is -0.181. The fourth-order valence-corrected chi connectivity index (χ4v) is 3.46. The van der Waals surface area contributed by atoms with Gasteiger partial charge in [-0.1, -0.05) is 18.2 Å². The zero-order valence-electron chi connectivity index (χ0n) is 13.5. The highest BCUT2D eigenvalue weighted by Crippen LogP contribution is 2.37. The molecule has 3 heterocycles. The van der Waals surface area contributed by atoms with Crippen molar-refractivity contribution >= 4 is 16.7 Å². The number of nitrogens with zero attached hydrogens (tertiary/aromatic N) is 3. The summed E-state index contributed by atoms with van der Waals surface area (Å²) in [5.41, 5.74) is 0.616. The SMILES string of the molecule is O=c1c([N+]2(O)CCCC2)c(O)c2cccnc2n1-c1ccccc1.[OH-]. The molecule has 0 spiro atoms. The number of hydrogen-bond acceptors (Lipinski definition) is 5. The molecule has 0 amide bonds. The molecule has 1 aromatic carbocycles. The van der Waals surface area contributed by atoms with Crippen LogP contribution in [0.15, 0.2) is 53.5 Å². The quantitative estimate of drug-likeness (QED) is 0.696. The van der Waals surface area contributed by atoms with Gasteiger partial charge in [0.1, 0.15) is 13.1 Å². The molecule has 130 valence electrons. The van der Waals surface area contributed by atoms with Gasteiger partial charge in [-0.15, -0.1) is 4.65 Å². The summed E-state index contributed by atoms with van der Waals surface area (Å²) >= 11 is 0. The number of hydroxylamine groups is 2. The summed E-state index contributed by atoms with van der Waals surface area (Å²) in [6.07, 6.45) is 3.21. The van der Waals surface area contributed by atoms with Gasteiger partial charge in [-0.2, -0.15) is 0 Å². The fraction of sp³-hybridized carbons (Fsp3) is 0.222. The van der Waals surface area contributed by atoms with E-state index in [1.807, 2.05) is 30.3 Å². The number of hydrogen-bond donors (Lipinski definition) is 2. The van der Waals surface area contributed by atoms with Gasteiger partial charge in [-0.25, -0.2) is 10.2 Å². The maximum Gasteiger partial charge on any atom is 0.325 e. The van der Waals surface area contributed by atoms with Gasteiger partial charge in [-0.05, 0) is 24.3 Å². The predicted molar refractivity (Wildman–Crippen MR) is 93.5 cm³/mol. The van der Waals surface area contributed by atoms with E-state index in [9.17, 15) is 15.1 Å². The Hall–Kier alpha value is -2.74. The highest BCUT2D eigenvalue weighted by atomic mass is 16.5. The molecule has 0 radical (unpaired) electrons. The first-order chi connectivity index (χ1) is 11.6. The van der Waals surface area contributed by atoms with Crippen LogP contribution in [0.5, 0.6) is 5.75 Å². The number of aromatic hydroxyl groups is 1. The molecule has 3 N–H and O–H groups in total. The largest absolute Gasteiger partial charge is 0.870 e. The highest BCUT2D eigenvalue weighted by Gasteiger charge is 2.40. The van der Waals surface area contributed by atoms with Gasteiger partial charge in [-0.3, -0.25) is 9.36 Å². The van der Waals surface area contributed by atoms with Crippen LogP contribution in [-0.4, -0.2) is 38.4 Å². The molecule has 0 saturated carbocycles. The second kappa shape index (κ2) is 6.29. The monoisotopic (exact) mass is 341 g/mol. The number of fused-ring (bicyclic) bond motifs is 1. The van der Waals surface area contributed by atoms with Gasteiger partial charge in [0.15, 0.2) is 11.4 Å². The van der Waals surface area contributed by atoms with Crippen LogP contribution in [-0.2, 0) is 0 Å². The summed E-state index contributed by atoms with van der Waals surface area (Å²) in [7, 11) is 0. The molecule has 1 fully saturated rings. The maximum absolute atomic E-state index is 13.2. The van der Waals surface area contributed by atoms with Crippen molar-refractivity contribution < 1.29 is 15.8 Å². The van der Waals surface area contributed by atoms with Gasteiger partial charge >= 0.3 is 5.56 Å². The summed E-state index contributed by atoms with van der Waals surface area (Å²) in [5, 5.41) is 22.1. The Morgan fingerprint density at radius 1 is 1.04 bits per heavy atom. The smallest absolute Gasteiger partial charge is 0.325 e. The molecule has 25 heavy (non-hydrogen) atoms. The van der Waals surface area contributed by atoms with Gasteiger partial charge in [0.2, 0.25) is 0 Å². The summed E-state index contributed by atoms with van der Waals surface area (Å²) in [6.45, 7) is 0.840. The van der Waals surface area contributed by atoms with Crippen LogP contribution >= 0.6 is 0 Å². The van der Waals surface area contributed by atoms with E-state index >= 15 is 0 Å². The molecule has 0 atom stereocenters. The second-order valence-corrected chi connectivity index (χ2v) is 6.12. The van der Waals surface area contributed by atoms with E-state index < -0.39 is 10.2 Å². The van der Waals surface area contributed by atoms with Crippen LogP contribution < -0.4 is 10.2 Å². The van der Waals surface area contributed by atoms with E-state index in [1.165, 1.54) is 4.57 Å². The third-order valence-electron chi connectivity index (χ3n) is 4.62. The first-order valence-electron chi connectivity index (χ1n) is 8.00. The lowest BCUT2D eigenvalue weighted by Gasteiger charge is -2.25. The fourth-order valence-electron chi connectivity index (χ4n) is 3.46. The lowest BCUT2D eigenvalue weighted by atomic mass is 10.2. The highest BCUT2D eigenvalue weighted by molar-refractivity contribution is 5.88. The Kier molecular flexibility index (Phi) is 4.30. The molecule has 4 rings (SSSR count). The average Bonchev–Trinajstić information content (AvgIpc) is 3.03. The Morgan fingerprint density at radius 2 is 1.72 bits per heavy atom. The number of rotatable bonds is 2. The minimum Gasteiger partial charge on any atom is -0.870 e. The van der Waals surface area contributed by atoms with Crippen molar-refractivity contribution in [1.82, 2.24) is 14.2 Å². The van der Waals surface area contributed by atoms with E-state index in [1.54, 1.807) is 18.3 Å². The Bertz CT molecular complexity index is 963. The summed E-state index contributed by atoms with van der Waals surface area (Å²) in [6, 6.07) is 12.6. The van der Waals surface area contributed by atoms with Crippen LogP contribution in [0.3, 0.4) is 0 Å². The van der Waals surface area contributed by atoms with Crippen LogP contribution in [0.1, 0.15) is 12.8 Å². The standard InChI is InChI=1S/C18H17N3O3.H2O/c22-16-14-9-6-10-19-17(14)20(13-7-2-1-3-8-13)18(23)15(16)21(24)11-4-5-12-21;/h1-3,6-10,24H,4-5,11-12H2;1H2. The van der Waals surface area contributed by atoms with E-state index in [4.69, 9.17) is 0 Å². The first-order valence-corrected chi connectivity index (χ1v) is 8.00. The molecule has 2 aromatic heterocycles. The number of benzene rings is 1. The Morgan fingerprint density at radius 3 is 2.40 bits per heavy atom. The van der Waals surface area contributed by atoms with Crippen LogP contribution in [0.2, 0.25) is 0 Å². The van der Waals surface area contributed by atoms with Crippen molar-refractivity contribution in [2.45, 2.75) is 12.8 Å².